The molecule has 1 aromatic heterocycles. The van der Waals surface area contributed by atoms with Crippen molar-refractivity contribution in [2.45, 2.75) is 36.6 Å². The molecule has 1 atom stereocenters. The molecule has 0 saturated carbocycles. The first-order valence-electron chi connectivity index (χ1n) is 8.97. The Labute approximate surface area is 159 Å². The highest BCUT2D eigenvalue weighted by molar-refractivity contribution is 7.99. The van der Waals surface area contributed by atoms with E-state index in [0.29, 0.717) is 0 Å². The van der Waals surface area contributed by atoms with Crippen LogP contribution >= 0.6 is 11.8 Å². The van der Waals surface area contributed by atoms with Crippen molar-refractivity contribution in [3.05, 3.63) is 35.7 Å². The molecule has 2 heterocycles. The van der Waals surface area contributed by atoms with E-state index < -0.39 is 0 Å². The number of likely N-dealkylation sites (N-methyl/N-ethyl adjacent to an activating group) is 1. The summed E-state index contributed by atoms with van der Waals surface area (Å²) in [5.41, 5.74) is 2.86. The number of benzene rings is 1. The Hall–Kier alpha value is -1.83. The van der Waals surface area contributed by atoms with Gasteiger partial charge in [0, 0.05) is 36.8 Å². The van der Waals surface area contributed by atoms with E-state index >= 15 is 0 Å². The zero-order chi connectivity index (χ0) is 18.7. The molecule has 26 heavy (non-hydrogen) atoms. The lowest BCUT2D eigenvalue weighted by molar-refractivity contribution is -0.121. The molecule has 1 aromatic carbocycles. The highest BCUT2D eigenvalue weighted by atomic mass is 32.2. The van der Waals surface area contributed by atoms with Crippen LogP contribution in [0.25, 0.3) is 0 Å². The van der Waals surface area contributed by atoms with Crippen LogP contribution in [-0.2, 0) is 4.79 Å². The van der Waals surface area contributed by atoms with Gasteiger partial charge in [-0.3, -0.25) is 14.8 Å². The molecule has 140 valence electrons. The highest BCUT2D eigenvalue weighted by Crippen LogP contribution is 2.36. The van der Waals surface area contributed by atoms with Crippen LogP contribution < -0.4 is 5.32 Å². The maximum Gasteiger partial charge on any atom is 0.241 e. The minimum Gasteiger partial charge on any atom is -0.324 e. The number of hydrogen-bond acceptors (Lipinski definition) is 5. The molecule has 1 fully saturated rings. The predicted molar refractivity (Wildman–Crippen MR) is 106 cm³/mol. The lowest BCUT2D eigenvalue weighted by Crippen LogP contribution is -2.51. The van der Waals surface area contributed by atoms with Gasteiger partial charge in [0.05, 0.1) is 22.3 Å². The van der Waals surface area contributed by atoms with Crippen LogP contribution in [0.1, 0.15) is 18.3 Å². The summed E-state index contributed by atoms with van der Waals surface area (Å²) >= 11 is 1.63. The summed E-state index contributed by atoms with van der Waals surface area (Å²) in [5.74, 6) is 0.0447. The lowest BCUT2D eigenvalue weighted by atomic mass is 10.2. The van der Waals surface area contributed by atoms with Gasteiger partial charge in [0.2, 0.25) is 5.91 Å². The fourth-order valence-corrected chi connectivity index (χ4v) is 4.06. The van der Waals surface area contributed by atoms with Crippen LogP contribution in [0, 0.1) is 13.8 Å². The Morgan fingerprint density at radius 3 is 2.58 bits per heavy atom. The molecular formula is C19H27N5OS. The van der Waals surface area contributed by atoms with E-state index in [1.54, 1.807) is 11.8 Å². The molecule has 3 rings (SSSR count). The van der Waals surface area contributed by atoms with E-state index in [0.717, 1.165) is 53.0 Å². The fraction of sp³-hybridized carbons (Fsp3) is 0.474. The Morgan fingerprint density at radius 2 is 1.92 bits per heavy atom. The quantitative estimate of drug-likeness (QED) is 0.844. The van der Waals surface area contributed by atoms with E-state index in [4.69, 9.17) is 0 Å². The fourth-order valence-electron chi connectivity index (χ4n) is 3.07. The smallest absolute Gasteiger partial charge is 0.241 e. The molecule has 0 aliphatic carbocycles. The van der Waals surface area contributed by atoms with Crippen molar-refractivity contribution in [2.75, 3.05) is 38.5 Å². The summed E-state index contributed by atoms with van der Waals surface area (Å²) in [6.45, 7) is 9.85. The van der Waals surface area contributed by atoms with E-state index in [1.165, 1.54) is 0 Å². The molecule has 0 spiro atoms. The summed E-state index contributed by atoms with van der Waals surface area (Å²) in [4.78, 5) is 19.5. The average molecular weight is 374 g/mol. The largest absolute Gasteiger partial charge is 0.324 e. The number of nitrogens with one attached hydrogen (secondary N) is 2. The van der Waals surface area contributed by atoms with Crippen LogP contribution in [0.3, 0.4) is 0 Å². The third-order valence-electron chi connectivity index (χ3n) is 4.88. The number of H-pyrrole nitrogens is 1. The number of aromatic amines is 1. The number of hydrogen-bond donors (Lipinski definition) is 2. The van der Waals surface area contributed by atoms with E-state index in [1.807, 2.05) is 45.0 Å². The Bertz CT molecular complexity index is 748. The number of para-hydroxylation sites is 1. The molecule has 1 aliphatic heterocycles. The summed E-state index contributed by atoms with van der Waals surface area (Å²) in [6, 6.07) is 7.80. The standard InChI is InChI=1S/C19H27N5OS/c1-13-18(14(2)22-21-13)26-17-8-6-5-7-16(17)20-19(25)15(3)24-11-9-23(4)10-12-24/h5-8,15H,9-12H2,1-4H3,(H,20,25)(H,21,22). The van der Waals surface area contributed by atoms with Crippen molar-refractivity contribution in [3.63, 3.8) is 0 Å². The molecule has 2 aromatic rings. The van der Waals surface area contributed by atoms with Gasteiger partial charge in [0.15, 0.2) is 0 Å². The number of carbonyl (C=O) groups excluding carboxylic acids is 1. The molecule has 1 aliphatic rings. The van der Waals surface area contributed by atoms with Gasteiger partial charge >= 0.3 is 0 Å². The minimum absolute atomic E-state index is 0.0447. The number of aryl methyl sites for hydroxylation is 2. The molecule has 0 bridgehead atoms. The number of rotatable bonds is 5. The molecule has 1 amide bonds. The first-order chi connectivity index (χ1) is 12.5. The number of amides is 1. The van der Waals surface area contributed by atoms with E-state index in [-0.39, 0.29) is 11.9 Å². The number of nitrogens with zero attached hydrogens (tertiary/aromatic N) is 3. The Kier molecular flexibility index (Phi) is 6.01. The zero-order valence-corrected chi connectivity index (χ0v) is 16.7. The maximum absolute atomic E-state index is 12.8. The molecule has 6 nitrogen and oxygen atoms in total. The second kappa shape index (κ2) is 8.24. The molecule has 7 heteroatoms. The minimum atomic E-state index is -0.140. The number of piperazine rings is 1. The van der Waals surface area contributed by atoms with Gasteiger partial charge in [-0.2, -0.15) is 5.10 Å². The van der Waals surface area contributed by atoms with Gasteiger partial charge in [0.25, 0.3) is 0 Å². The summed E-state index contributed by atoms with van der Waals surface area (Å²) < 4.78 is 0. The Balaban J connectivity index is 1.71. The summed E-state index contributed by atoms with van der Waals surface area (Å²) in [5, 5.41) is 10.4. The van der Waals surface area contributed by atoms with Gasteiger partial charge in [-0.1, -0.05) is 23.9 Å². The van der Waals surface area contributed by atoms with Gasteiger partial charge in [0.1, 0.15) is 0 Å². The molecule has 1 unspecified atom stereocenters. The van der Waals surface area contributed by atoms with Crippen molar-refractivity contribution in [2.24, 2.45) is 0 Å². The second-order valence-corrected chi connectivity index (χ2v) is 7.92. The van der Waals surface area contributed by atoms with Crippen LogP contribution in [0.5, 0.6) is 0 Å². The van der Waals surface area contributed by atoms with Gasteiger partial charge < -0.3 is 10.2 Å². The van der Waals surface area contributed by atoms with Crippen LogP contribution in [0.15, 0.2) is 34.1 Å². The first kappa shape index (κ1) is 18.9. The predicted octanol–water partition coefficient (Wildman–Crippen LogP) is 2.75. The topological polar surface area (TPSA) is 64.3 Å². The van der Waals surface area contributed by atoms with Crippen LogP contribution in [-0.4, -0.2) is 65.2 Å². The van der Waals surface area contributed by atoms with Crippen molar-refractivity contribution in [3.8, 4) is 0 Å². The average Bonchev–Trinajstić information content (AvgIpc) is 2.95. The number of carbonyl (C=O) groups is 1. The highest BCUT2D eigenvalue weighted by Gasteiger charge is 2.25. The molecule has 0 radical (unpaired) electrons. The lowest BCUT2D eigenvalue weighted by Gasteiger charge is -2.35. The van der Waals surface area contributed by atoms with Gasteiger partial charge in [-0.25, -0.2) is 0 Å². The van der Waals surface area contributed by atoms with Gasteiger partial charge in [-0.15, -0.1) is 0 Å². The van der Waals surface area contributed by atoms with E-state index in [2.05, 4.69) is 32.4 Å². The number of anilines is 1. The zero-order valence-electron chi connectivity index (χ0n) is 15.9. The van der Waals surface area contributed by atoms with Crippen LogP contribution in [0.2, 0.25) is 0 Å². The molecule has 2 N–H and O–H groups in total. The Morgan fingerprint density at radius 1 is 1.23 bits per heavy atom. The normalized spacial score (nSPS) is 17.2. The number of aromatic nitrogens is 2. The third-order valence-corrected chi connectivity index (χ3v) is 6.26. The third kappa shape index (κ3) is 4.28. The summed E-state index contributed by atoms with van der Waals surface area (Å²) in [7, 11) is 2.12. The summed E-state index contributed by atoms with van der Waals surface area (Å²) in [6.07, 6.45) is 0. The van der Waals surface area contributed by atoms with E-state index in [9.17, 15) is 4.79 Å². The van der Waals surface area contributed by atoms with Crippen molar-refractivity contribution in [1.82, 2.24) is 20.0 Å². The second-order valence-electron chi connectivity index (χ2n) is 6.87. The van der Waals surface area contributed by atoms with Crippen molar-refractivity contribution in [1.29, 1.82) is 0 Å². The monoisotopic (exact) mass is 373 g/mol. The maximum atomic E-state index is 12.8. The first-order valence-corrected chi connectivity index (χ1v) is 9.79. The van der Waals surface area contributed by atoms with Crippen molar-refractivity contribution < 1.29 is 4.79 Å². The van der Waals surface area contributed by atoms with Crippen LogP contribution in [0.4, 0.5) is 5.69 Å². The molecule has 1 saturated heterocycles. The van der Waals surface area contributed by atoms with Gasteiger partial charge in [-0.05, 0) is 40.0 Å². The van der Waals surface area contributed by atoms with Crippen molar-refractivity contribution >= 4 is 23.4 Å². The molecular weight excluding hydrogens is 346 g/mol. The SMILES string of the molecule is Cc1n[nH]c(C)c1Sc1ccccc1NC(=O)C(C)N1CCN(C)CC1.